The molecule has 6 heteroatoms. The first-order valence-electron chi connectivity index (χ1n) is 8.78. The molecule has 0 bridgehead atoms. The molecule has 1 saturated heterocycles. The summed E-state index contributed by atoms with van der Waals surface area (Å²) in [6, 6.07) is 8.97. The van der Waals surface area contributed by atoms with E-state index in [4.69, 9.17) is 11.6 Å². The van der Waals surface area contributed by atoms with Crippen molar-refractivity contribution in [3.63, 3.8) is 0 Å². The van der Waals surface area contributed by atoms with Crippen LogP contribution in [0.25, 0.3) is 10.9 Å². The van der Waals surface area contributed by atoms with Crippen LogP contribution >= 0.6 is 11.6 Å². The van der Waals surface area contributed by atoms with E-state index in [1.165, 1.54) is 0 Å². The molecule has 1 aliphatic heterocycles. The van der Waals surface area contributed by atoms with Crippen LogP contribution in [-0.2, 0) is 6.54 Å². The molecule has 0 radical (unpaired) electrons. The molecule has 2 N–H and O–H groups in total. The predicted octanol–water partition coefficient (Wildman–Crippen LogP) is 3.60. The van der Waals surface area contributed by atoms with Crippen LogP contribution in [0.15, 0.2) is 47.5 Å². The third-order valence-electron chi connectivity index (χ3n) is 5.04. The average Bonchev–Trinajstić information content (AvgIpc) is 3.23. The highest BCUT2D eigenvalue weighted by molar-refractivity contribution is 6.31. The molecule has 2 aromatic heterocycles. The van der Waals surface area contributed by atoms with E-state index in [2.05, 4.69) is 14.9 Å². The molecule has 0 unspecified atom stereocenters. The molecule has 1 aliphatic rings. The van der Waals surface area contributed by atoms with Crippen molar-refractivity contribution >= 4 is 28.3 Å². The Labute approximate surface area is 156 Å². The Balaban J connectivity index is 1.40. The highest BCUT2D eigenvalue weighted by atomic mass is 35.5. The van der Waals surface area contributed by atoms with Crippen LogP contribution in [0.5, 0.6) is 0 Å². The molecular weight excluding hydrogens is 350 g/mol. The second kappa shape index (κ2) is 7.09. The van der Waals surface area contributed by atoms with E-state index in [0.717, 1.165) is 48.1 Å². The normalized spacial score (nSPS) is 17.8. The standard InChI is InChI=1S/C20H20ClN3O2/c21-15-2-3-18-16(8-15)17(10-22-18)19(25)7-13-5-6-24(11-13)12-14-1-4-20(26)23-9-14/h1-4,8-10,13,22H,5-7,11-12H2,(H,23,26)/t13-/m1/s1. The number of benzene rings is 1. The van der Waals surface area contributed by atoms with Crippen LogP contribution in [0.2, 0.25) is 5.02 Å². The zero-order chi connectivity index (χ0) is 18.1. The number of likely N-dealkylation sites (tertiary alicyclic amines) is 1. The number of H-pyrrole nitrogens is 2. The van der Waals surface area contributed by atoms with Gasteiger partial charge in [-0.3, -0.25) is 14.5 Å². The fourth-order valence-electron chi connectivity index (χ4n) is 3.72. The molecule has 0 spiro atoms. The number of pyridine rings is 1. The molecule has 0 aliphatic carbocycles. The molecule has 1 fully saturated rings. The van der Waals surface area contributed by atoms with E-state index in [0.29, 0.717) is 17.4 Å². The van der Waals surface area contributed by atoms with Crippen molar-refractivity contribution in [2.45, 2.75) is 19.4 Å². The van der Waals surface area contributed by atoms with E-state index >= 15 is 0 Å². The maximum absolute atomic E-state index is 12.8. The fourth-order valence-corrected chi connectivity index (χ4v) is 3.89. The highest BCUT2D eigenvalue weighted by Crippen LogP contribution is 2.27. The molecule has 3 heterocycles. The summed E-state index contributed by atoms with van der Waals surface area (Å²) >= 11 is 6.07. The molecule has 1 atom stereocenters. The Morgan fingerprint density at radius 3 is 2.88 bits per heavy atom. The van der Waals surface area contributed by atoms with Crippen molar-refractivity contribution in [1.82, 2.24) is 14.9 Å². The van der Waals surface area contributed by atoms with Crippen molar-refractivity contribution in [3.05, 3.63) is 69.2 Å². The number of aromatic nitrogens is 2. The number of fused-ring (bicyclic) bond motifs is 1. The van der Waals surface area contributed by atoms with Crippen molar-refractivity contribution in [3.8, 4) is 0 Å². The van der Waals surface area contributed by atoms with Gasteiger partial charge in [-0.1, -0.05) is 17.7 Å². The molecule has 0 saturated carbocycles. The van der Waals surface area contributed by atoms with Crippen LogP contribution in [0.1, 0.15) is 28.8 Å². The number of Topliss-reactive ketones (excluding diaryl/α,β-unsaturated/α-hetero) is 1. The minimum atomic E-state index is -0.0857. The smallest absolute Gasteiger partial charge is 0.247 e. The van der Waals surface area contributed by atoms with E-state index in [1.54, 1.807) is 18.5 Å². The molecule has 1 aromatic carbocycles. The van der Waals surface area contributed by atoms with Crippen LogP contribution in [-0.4, -0.2) is 33.7 Å². The molecule has 26 heavy (non-hydrogen) atoms. The Kier molecular flexibility index (Phi) is 4.66. The van der Waals surface area contributed by atoms with Crippen molar-refractivity contribution in [2.75, 3.05) is 13.1 Å². The van der Waals surface area contributed by atoms with E-state index in [9.17, 15) is 9.59 Å². The SMILES string of the molecule is O=C(C[C@H]1CCN(Cc2ccc(=O)[nH]c2)C1)c1c[nH]c2ccc(Cl)cc12. The molecule has 134 valence electrons. The number of carbonyl (C=O) groups excluding carboxylic acids is 1. The number of nitrogens with zero attached hydrogens (tertiary/aromatic N) is 1. The monoisotopic (exact) mass is 369 g/mol. The summed E-state index contributed by atoms with van der Waals surface area (Å²) in [4.78, 5) is 32.1. The molecule has 4 rings (SSSR count). The summed E-state index contributed by atoms with van der Waals surface area (Å²) in [5, 5.41) is 1.53. The van der Waals surface area contributed by atoms with Crippen LogP contribution in [0.3, 0.4) is 0 Å². The van der Waals surface area contributed by atoms with Gasteiger partial charge in [-0.15, -0.1) is 0 Å². The second-order valence-corrected chi connectivity index (χ2v) is 7.41. The van der Waals surface area contributed by atoms with E-state index < -0.39 is 0 Å². The third kappa shape index (κ3) is 3.59. The van der Waals surface area contributed by atoms with Crippen molar-refractivity contribution in [2.24, 2.45) is 5.92 Å². The first-order chi connectivity index (χ1) is 12.6. The number of hydrogen-bond acceptors (Lipinski definition) is 3. The third-order valence-corrected chi connectivity index (χ3v) is 5.28. The maximum Gasteiger partial charge on any atom is 0.247 e. The van der Waals surface area contributed by atoms with Crippen molar-refractivity contribution < 1.29 is 4.79 Å². The lowest BCUT2D eigenvalue weighted by Gasteiger charge is -2.15. The zero-order valence-electron chi connectivity index (χ0n) is 14.3. The zero-order valence-corrected chi connectivity index (χ0v) is 15.1. The lowest BCUT2D eigenvalue weighted by molar-refractivity contribution is 0.0963. The van der Waals surface area contributed by atoms with Gasteiger partial charge in [0.25, 0.3) is 0 Å². The maximum atomic E-state index is 12.8. The number of rotatable bonds is 5. The number of halogens is 1. The van der Waals surface area contributed by atoms with Gasteiger partial charge in [-0.2, -0.15) is 0 Å². The topological polar surface area (TPSA) is 69.0 Å². The molecule has 3 aromatic rings. The Morgan fingerprint density at radius 2 is 2.08 bits per heavy atom. The lowest BCUT2D eigenvalue weighted by Crippen LogP contribution is -2.21. The fraction of sp³-hybridized carbons (Fsp3) is 0.300. The minimum Gasteiger partial charge on any atom is -0.360 e. The summed E-state index contributed by atoms with van der Waals surface area (Å²) < 4.78 is 0. The first kappa shape index (κ1) is 17.1. The van der Waals surface area contributed by atoms with Crippen molar-refractivity contribution in [1.29, 1.82) is 0 Å². The van der Waals surface area contributed by atoms with Crippen LogP contribution in [0.4, 0.5) is 0 Å². The van der Waals surface area contributed by atoms with Gasteiger partial charge in [-0.25, -0.2) is 0 Å². The summed E-state index contributed by atoms with van der Waals surface area (Å²) in [5.74, 6) is 0.517. The number of nitrogens with one attached hydrogen (secondary N) is 2. The van der Waals surface area contributed by atoms with Gasteiger partial charge in [-0.05, 0) is 42.6 Å². The number of aromatic amines is 2. The van der Waals surface area contributed by atoms with Gasteiger partial charge in [0.2, 0.25) is 5.56 Å². The summed E-state index contributed by atoms with van der Waals surface area (Å²) in [5.41, 5.74) is 2.66. The minimum absolute atomic E-state index is 0.0857. The van der Waals surface area contributed by atoms with Gasteiger partial charge in [0.05, 0.1) is 0 Å². The van der Waals surface area contributed by atoms with E-state index in [1.807, 2.05) is 24.3 Å². The molecular formula is C20H20ClN3O2. The predicted molar refractivity (Wildman–Crippen MR) is 103 cm³/mol. The molecule has 5 nitrogen and oxygen atoms in total. The largest absolute Gasteiger partial charge is 0.360 e. The van der Waals surface area contributed by atoms with Crippen LogP contribution in [0, 0.1) is 5.92 Å². The van der Waals surface area contributed by atoms with Gasteiger partial charge in [0, 0.05) is 59.5 Å². The van der Waals surface area contributed by atoms with Gasteiger partial charge >= 0.3 is 0 Å². The Bertz CT molecular complexity index is 987. The number of carbonyl (C=O) groups is 1. The highest BCUT2D eigenvalue weighted by Gasteiger charge is 2.26. The summed E-state index contributed by atoms with van der Waals surface area (Å²) in [7, 11) is 0. The van der Waals surface area contributed by atoms with E-state index in [-0.39, 0.29) is 11.3 Å². The average molecular weight is 370 g/mol. The molecule has 0 amide bonds. The number of hydrogen-bond donors (Lipinski definition) is 2. The van der Waals surface area contributed by atoms with Gasteiger partial charge in [0.1, 0.15) is 0 Å². The second-order valence-electron chi connectivity index (χ2n) is 6.97. The first-order valence-corrected chi connectivity index (χ1v) is 9.16. The summed E-state index contributed by atoms with van der Waals surface area (Å²) in [6.45, 7) is 2.66. The quantitative estimate of drug-likeness (QED) is 0.675. The summed E-state index contributed by atoms with van der Waals surface area (Å²) in [6.07, 6.45) is 5.10. The van der Waals surface area contributed by atoms with Gasteiger partial charge < -0.3 is 9.97 Å². The van der Waals surface area contributed by atoms with Crippen LogP contribution < -0.4 is 5.56 Å². The lowest BCUT2D eigenvalue weighted by atomic mass is 9.97. The van der Waals surface area contributed by atoms with Gasteiger partial charge in [0.15, 0.2) is 5.78 Å². The Morgan fingerprint density at radius 1 is 1.19 bits per heavy atom. The Hall–Kier alpha value is -2.37. The number of ketones is 1.